The standard InChI is InChI=1S/C5H11N3O2S/c1-5(4-6)7-11(9,10)8(2)3/h5,7H,1-3H3/t5-/m1/s1. The maximum atomic E-state index is 11.0. The van der Waals surface area contributed by atoms with Gasteiger partial charge in [-0.1, -0.05) is 0 Å². The first kappa shape index (κ1) is 10.4. The maximum absolute atomic E-state index is 11.0. The van der Waals surface area contributed by atoms with Crippen LogP contribution in [0.4, 0.5) is 0 Å². The Morgan fingerprint density at radius 3 is 2.27 bits per heavy atom. The van der Waals surface area contributed by atoms with Crippen LogP contribution in [0.5, 0.6) is 0 Å². The van der Waals surface area contributed by atoms with E-state index in [1.807, 2.05) is 0 Å². The molecule has 11 heavy (non-hydrogen) atoms. The first-order chi connectivity index (χ1) is 4.90. The van der Waals surface area contributed by atoms with Gasteiger partial charge >= 0.3 is 0 Å². The van der Waals surface area contributed by atoms with Gasteiger partial charge in [-0.15, -0.1) is 0 Å². The molecule has 0 aromatic carbocycles. The molecule has 0 radical (unpaired) electrons. The van der Waals surface area contributed by atoms with E-state index in [2.05, 4.69) is 4.72 Å². The van der Waals surface area contributed by atoms with Crippen molar-refractivity contribution in [3.05, 3.63) is 0 Å². The third kappa shape index (κ3) is 3.32. The Labute approximate surface area is 66.8 Å². The summed E-state index contributed by atoms with van der Waals surface area (Å²) in [6, 6.07) is 1.07. The van der Waals surface area contributed by atoms with E-state index >= 15 is 0 Å². The van der Waals surface area contributed by atoms with Gasteiger partial charge in [-0.2, -0.15) is 22.7 Å². The summed E-state index contributed by atoms with van der Waals surface area (Å²) in [4.78, 5) is 0. The summed E-state index contributed by atoms with van der Waals surface area (Å²) < 4.78 is 25.1. The Hall–Kier alpha value is -0.640. The second-order valence-electron chi connectivity index (χ2n) is 2.26. The van der Waals surface area contributed by atoms with Crippen molar-refractivity contribution >= 4 is 10.2 Å². The van der Waals surface area contributed by atoms with Gasteiger partial charge in [-0.05, 0) is 6.92 Å². The SMILES string of the molecule is C[C@H](C#N)NS(=O)(=O)N(C)C. The van der Waals surface area contributed by atoms with Crippen LogP contribution in [0.3, 0.4) is 0 Å². The Morgan fingerprint density at radius 1 is 1.55 bits per heavy atom. The van der Waals surface area contributed by atoms with Crippen LogP contribution in [-0.4, -0.2) is 32.9 Å². The van der Waals surface area contributed by atoms with Crippen LogP contribution in [0, 0.1) is 11.3 Å². The molecule has 0 amide bonds. The van der Waals surface area contributed by atoms with E-state index in [-0.39, 0.29) is 0 Å². The van der Waals surface area contributed by atoms with E-state index in [0.717, 1.165) is 4.31 Å². The third-order valence-corrected chi connectivity index (χ3v) is 2.61. The van der Waals surface area contributed by atoms with Crippen LogP contribution < -0.4 is 4.72 Å². The minimum Gasteiger partial charge on any atom is -0.197 e. The first-order valence-electron chi connectivity index (χ1n) is 2.99. The molecular weight excluding hydrogens is 166 g/mol. The zero-order valence-corrected chi connectivity index (χ0v) is 7.51. The van der Waals surface area contributed by atoms with Gasteiger partial charge in [0.25, 0.3) is 10.2 Å². The molecule has 0 aliphatic heterocycles. The van der Waals surface area contributed by atoms with Crippen molar-refractivity contribution in [2.24, 2.45) is 0 Å². The second-order valence-corrected chi connectivity index (χ2v) is 4.17. The number of hydrogen-bond acceptors (Lipinski definition) is 3. The molecule has 0 heterocycles. The van der Waals surface area contributed by atoms with Crippen molar-refractivity contribution in [3.63, 3.8) is 0 Å². The Bertz CT molecular complexity index is 251. The summed E-state index contributed by atoms with van der Waals surface area (Å²) in [6.07, 6.45) is 0. The lowest BCUT2D eigenvalue weighted by molar-refractivity contribution is 0.502. The zero-order valence-electron chi connectivity index (χ0n) is 6.70. The fraction of sp³-hybridized carbons (Fsp3) is 0.800. The molecule has 0 aliphatic rings. The number of hydrogen-bond donors (Lipinski definition) is 1. The second kappa shape index (κ2) is 3.67. The average molecular weight is 177 g/mol. The van der Waals surface area contributed by atoms with Gasteiger partial charge in [0.2, 0.25) is 0 Å². The number of nitrogens with one attached hydrogen (secondary N) is 1. The largest absolute Gasteiger partial charge is 0.280 e. The summed E-state index contributed by atoms with van der Waals surface area (Å²) in [6.45, 7) is 1.47. The molecule has 0 aromatic rings. The van der Waals surface area contributed by atoms with Crippen molar-refractivity contribution in [3.8, 4) is 6.07 Å². The molecule has 0 unspecified atom stereocenters. The summed E-state index contributed by atoms with van der Waals surface area (Å²) in [5.41, 5.74) is 0. The quantitative estimate of drug-likeness (QED) is 0.619. The van der Waals surface area contributed by atoms with E-state index in [9.17, 15) is 8.42 Å². The van der Waals surface area contributed by atoms with Gasteiger partial charge in [0.15, 0.2) is 0 Å². The Morgan fingerprint density at radius 2 is 2.00 bits per heavy atom. The van der Waals surface area contributed by atoms with Gasteiger partial charge in [-0.25, -0.2) is 0 Å². The van der Waals surface area contributed by atoms with E-state index in [1.54, 1.807) is 6.07 Å². The smallest absolute Gasteiger partial charge is 0.197 e. The van der Waals surface area contributed by atoms with Crippen molar-refractivity contribution in [2.45, 2.75) is 13.0 Å². The highest BCUT2D eigenvalue weighted by atomic mass is 32.2. The van der Waals surface area contributed by atoms with Gasteiger partial charge in [-0.3, -0.25) is 0 Å². The number of nitriles is 1. The number of nitrogens with zero attached hydrogens (tertiary/aromatic N) is 2. The van der Waals surface area contributed by atoms with Gasteiger partial charge < -0.3 is 0 Å². The zero-order chi connectivity index (χ0) is 9.07. The minimum absolute atomic E-state index is 0.692. The molecule has 0 aliphatic carbocycles. The molecule has 1 atom stereocenters. The highest BCUT2D eigenvalue weighted by Gasteiger charge is 2.15. The predicted molar refractivity (Wildman–Crippen MR) is 40.8 cm³/mol. The van der Waals surface area contributed by atoms with Crippen molar-refractivity contribution in [1.29, 1.82) is 5.26 Å². The highest BCUT2D eigenvalue weighted by molar-refractivity contribution is 7.87. The molecular formula is C5H11N3O2S. The maximum Gasteiger partial charge on any atom is 0.280 e. The molecule has 0 saturated carbocycles. The molecule has 0 spiro atoms. The van der Waals surface area contributed by atoms with Crippen LogP contribution in [-0.2, 0) is 10.2 Å². The minimum atomic E-state index is -3.45. The van der Waals surface area contributed by atoms with Crippen molar-refractivity contribution < 1.29 is 8.42 Å². The van der Waals surface area contributed by atoms with Crippen LogP contribution >= 0.6 is 0 Å². The lowest BCUT2D eigenvalue weighted by Gasteiger charge is -2.12. The van der Waals surface area contributed by atoms with Crippen molar-refractivity contribution in [2.75, 3.05) is 14.1 Å². The molecule has 0 fully saturated rings. The van der Waals surface area contributed by atoms with Gasteiger partial charge in [0, 0.05) is 14.1 Å². The van der Waals surface area contributed by atoms with E-state index in [4.69, 9.17) is 5.26 Å². The topological polar surface area (TPSA) is 73.2 Å². The summed E-state index contributed by atoms with van der Waals surface area (Å²) in [7, 11) is -0.658. The van der Waals surface area contributed by atoms with Crippen LogP contribution in [0.2, 0.25) is 0 Å². The molecule has 5 nitrogen and oxygen atoms in total. The molecule has 0 aromatic heterocycles. The van der Waals surface area contributed by atoms with Gasteiger partial charge in [0.05, 0.1) is 6.07 Å². The normalized spacial score (nSPS) is 14.5. The van der Waals surface area contributed by atoms with E-state index < -0.39 is 16.3 Å². The fourth-order valence-corrected chi connectivity index (χ4v) is 1.07. The lowest BCUT2D eigenvalue weighted by atomic mass is 10.4. The molecule has 0 saturated heterocycles. The molecule has 0 bridgehead atoms. The van der Waals surface area contributed by atoms with Crippen molar-refractivity contribution in [1.82, 2.24) is 9.03 Å². The summed E-state index contributed by atoms with van der Waals surface area (Å²) in [5, 5.41) is 8.28. The van der Waals surface area contributed by atoms with Gasteiger partial charge in [0.1, 0.15) is 6.04 Å². The predicted octanol–water partition coefficient (Wildman–Crippen LogP) is -0.706. The van der Waals surface area contributed by atoms with Crippen LogP contribution in [0.15, 0.2) is 0 Å². The Balaban J connectivity index is 4.29. The Kier molecular flexibility index (Phi) is 3.45. The molecule has 1 N–H and O–H groups in total. The first-order valence-corrected chi connectivity index (χ1v) is 4.43. The monoisotopic (exact) mass is 177 g/mol. The van der Waals surface area contributed by atoms with Crippen LogP contribution in [0.1, 0.15) is 6.92 Å². The molecule has 64 valence electrons. The van der Waals surface area contributed by atoms with E-state index in [0.29, 0.717) is 0 Å². The van der Waals surface area contributed by atoms with E-state index in [1.165, 1.54) is 21.0 Å². The molecule has 6 heteroatoms. The average Bonchev–Trinajstić information content (AvgIpc) is 1.86. The fourth-order valence-electron chi connectivity index (χ4n) is 0.355. The number of rotatable bonds is 3. The highest BCUT2D eigenvalue weighted by Crippen LogP contribution is 1.90. The third-order valence-electron chi connectivity index (χ3n) is 1.00. The van der Waals surface area contributed by atoms with Crippen LogP contribution in [0.25, 0.3) is 0 Å². The molecule has 0 rings (SSSR count). The summed E-state index contributed by atoms with van der Waals surface area (Å²) in [5.74, 6) is 0. The lowest BCUT2D eigenvalue weighted by Crippen LogP contribution is -2.40. The summed E-state index contributed by atoms with van der Waals surface area (Å²) >= 11 is 0.